The third-order valence-corrected chi connectivity index (χ3v) is 3.21. The summed E-state index contributed by atoms with van der Waals surface area (Å²) >= 11 is 4.92. The fourth-order valence-electron chi connectivity index (χ4n) is 1.80. The summed E-state index contributed by atoms with van der Waals surface area (Å²) in [7, 11) is 1.44. The van der Waals surface area contributed by atoms with Crippen molar-refractivity contribution in [2.75, 3.05) is 7.05 Å². The van der Waals surface area contributed by atoms with Crippen molar-refractivity contribution in [2.45, 2.75) is 6.42 Å². The summed E-state index contributed by atoms with van der Waals surface area (Å²) in [6.07, 6.45) is 3.08. The maximum atomic E-state index is 12.2. The van der Waals surface area contributed by atoms with E-state index in [0.29, 0.717) is 4.86 Å². The van der Waals surface area contributed by atoms with Crippen molar-refractivity contribution in [3.05, 3.63) is 52.2 Å². The van der Waals surface area contributed by atoms with Gasteiger partial charge in [-0.25, -0.2) is 10.0 Å². The van der Waals surface area contributed by atoms with Crippen LogP contribution in [0.4, 0.5) is 5.69 Å². The van der Waals surface area contributed by atoms with Crippen molar-refractivity contribution in [1.82, 2.24) is 10.0 Å². The normalized spacial score (nSPS) is 14.2. The molecule has 108 valence electrons. The van der Waals surface area contributed by atoms with Crippen LogP contribution in [0.5, 0.6) is 0 Å². The van der Waals surface area contributed by atoms with Crippen LogP contribution in [-0.2, 0) is 4.79 Å². The average molecular weight is 305 g/mol. The zero-order chi connectivity index (χ0) is 15.6. The van der Waals surface area contributed by atoms with E-state index in [1.807, 2.05) is 0 Å². The summed E-state index contributed by atoms with van der Waals surface area (Å²) in [6.45, 7) is 0. The number of carbonyl (C=O) groups excluding carboxylic acids is 2. The van der Waals surface area contributed by atoms with Gasteiger partial charge < -0.3 is 0 Å². The van der Waals surface area contributed by atoms with Crippen molar-refractivity contribution >= 4 is 34.6 Å². The quantitative estimate of drug-likeness (QED) is 0.482. The van der Waals surface area contributed by atoms with Gasteiger partial charge in [-0.15, -0.1) is 0 Å². The molecule has 0 fully saturated rings. The van der Waals surface area contributed by atoms with Gasteiger partial charge >= 0.3 is 0 Å². The van der Waals surface area contributed by atoms with Crippen LogP contribution in [0.3, 0.4) is 0 Å². The number of nitro benzene ring substituents is 1. The first kappa shape index (κ1) is 14.8. The standard InChI is InChI=1S/C13H11N3O4S/c1-14(15-7-6-11(21)8-12(15)17)13(18)9-2-4-10(5-3-9)16(19)20/h2-7H,8H2,1H3. The number of benzene rings is 1. The Bertz CT molecular complexity index is 654. The Hall–Kier alpha value is -2.61. The van der Waals surface area contributed by atoms with Gasteiger partial charge in [0, 0.05) is 35.8 Å². The van der Waals surface area contributed by atoms with Gasteiger partial charge in [0.25, 0.3) is 17.5 Å². The zero-order valence-corrected chi connectivity index (χ0v) is 11.9. The van der Waals surface area contributed by atoms with Gasteiger partial charge in [-0.1, -0.05) is 12.2 Å². The number of carbonyl (C=O) groups is 2. The molecule has 7 nitrogen and oxygen atoms in total. The molecule has 0 aliphatic carbocycles. The van der Waals surface area contributed by atoms with Gasteiger partial charge in [-0.2, -0.15) is 0 Å². The van der Waals surface area contributed by atoms with E-state index in [1.54, 1.807) is 6.08 Å². The van der Waals surface area contributed by atoms with Crippen LogP contribution in [0.25, 0.3) is 0 Å². The van der Waals surface area contributed by atoms with Gasteiger partial charge in [-0.05, 0) is 18.2 Å². The molecule has 0 spiro atoms. The van der Waals surface area contributed by atoms with E-state index in [2.05, 4.69) is 0 Å². The third kappa shape index (κ3) is 3.11. The highest BCUT2D eigenvalue weighted by Crippen LogP contribution is 2.16. The van der Waals surface area contributed by atoms with Gasteiger partial charge in [-0.3, -0.25) is 19.7 Å². The summed E-state index contributed by atoms with van der Waals surface area (Å²) in [5.74, 6) is -0.754. The number of thiocarbonyl (C=S) groups is 1. The molecule has 0 aromatic heterocycles. The SMILES string of the molecule is CN(C(=O)c1ccc([N+](=O)[O-])cc1)N1C=CC(=S)CC1=O. The lowest BCUT2D eigenvalue weighted by molar-refractivity contribution is -0.384. The molecule has 1 aromatic rings. The van der Waals surface area contributed by atoms with Crippen LogP contribution in [0, 0.1) is 10.1 Å². The van der Waals surface area contributed by atoms with Crippen molar-refractivity contribution in [3.63, 3.8) is 0 Å². The molecule has 2 amide bonds. The summed E-state index contributed by atoms with van der Waals surface area (Å²) < 4.78 is 0. The number of allylic oxidation sites excluding steroid dienone is 1. The van der Waals surface area contributed by atoms with E-state index in [4.69, 9.17) is 12.2 Å². The Morgan fingerprint density at radius 2 is 2.00 bits per heavy atom. The second-order valence-electron chi connectivity index (χ2n) is 4.33. The maximum absolute atomic E-state index is 12.2. The monoisotopic (exact) mass is 305 g/mol. The highest BCUT2D eigenvalue weighted by Gasteiger charge is 2.25. The fraction of sp³-hybridized carbons (Fsp3) is 0.154. The first-order valence-electron chi connectivity index (χ1n) is 5.95. The minimum atomic E-state index is -0.546. The van der Waals surface area contributed by atoms with Crippen molar-refractivity contribution in [1.29, 1.82) is 0 Å². The number of non-ortho nitro benzene ring substituents is 1. The molecule has 0 N–H and O–H groups in total. The molecule has 8 heteroatoms. The number of hydrogen-bond donors (Lipinski definition) is 0. The minimum Gasteiger partial charge on any atom is -0.272 e. The topological polar surface area (TPSA) is 83.8 Å². The van der Waals surface area contributed by atoms with E-state index in [9.17, 15) is 19.7 Å². The van der Waals surface area contributed by atoms with Gasteiger partial charge in [0.05, 0.1) is 11.3 Å². The molecule has 0 radical (unpaired) electrons. The largest absolute Gasteiger partial charge is 0.272 e. The number of nitro groups is 1. The van der Waals surface area contributed by atoms with E-state index < -0.39 is 10.8 Å². The van der Waals surface area contributed by atoms with Crippen LogP contribution in [-0.4, -0.2) is 38.7 Å². The molecule has 0 unspecified atom stereocenters. The molecule has 1 heterocycles. The number of amides is 2. The van der Waals surface area contributed by atoms with E-state index in [1.165, 1.54) is 42.5 Å². The Balaban J connectivity index is 2.19. The van der Waals surface area contributed by atoms with E-state index in [0.717, 1.165) is 5.01 Å². The molecule has 21 heavy (non-hydrogen) atoms. The molecule has 2 rings (SSSR count). The molecule has 0 saturated carbocycles. The summed E-state index contributed by atoms with van der Waals surface area (Å²) in [5, 5.41) is 12.9. The summed E-state index contributed by atoms with van der Waals surface area (Å²) in [4.78, 5) is 34.6. The molecule has 1 aliphatic rings. The van der Waals surface area contributed by atoms with Crippen molar-refractivity contribution < 1.29 is 14.5 Å². The average Bonchev–Trinajstić information content (AvgIpc) is 2.46. The lowest BCUT2D eigenvalue weighted by Gasteiger charge is -2.30. The lowest BCUT2D eigenvalue weighted by atomic mass is 10.2. The molecule has 0 atom stereocenters. The highest BCUT2D eigenvalue weighted by atomic mass is 32.1. The Kier molecular flexibility index (Phi) is 4.08. The predicted octanol–water partition coefficient (Wildman–Crippen LogP) is 1.70. The Labute approximate surface area is 125 Å². The maximum Gasteiger partial charge on any atom is 0.272 e. The number of hydrogen-bond acceptors (Lipinski definition) is 5. The predicted molar refractivity (Wildman–Crippen MR) is 78.4 cm³/mol. The molecule has 1 aromatic carbocycles. The van der Waals surface area contributed by atoms with Crippen LogP contribution in [0.2, 0.25) is 0 Å². The van der Waals surface area contributed by atoms with Crippen molar-refractivity contribution in [3.8, 4) is 0 Å². The third-order valence-electron chi connectivity index (χ3n) is 2.92. The minimum absolute atomic E-state index is 0.0731. The summed E-state index contributed by atoms with van der Waals surface area (Å²) in [6, 6.07) is 5.17. The van der Waals surface area contributed by atoms with Crippen LogP contribution in [0.15, 0.2) is 36.5 Å². The van der Waals surface area contributed by atoms with E-state index in [-0.39, 0.29) is 23.6 Å². The fourth-order valence-corrected chi connectivity index (χ4v) is 1.99. The first-order valence-corrected chi connectivity index (χ1v) is 6.36. The Morgan fingerprint density at radius 1 is 1.38 bits per heavy atom. The van der Waals surface area contributed by atoms with Gasteiger partial charge in [0.1, 0.15) is 0 Å². The highest BCUT2D eigenvalue weighted by molar-refractivity contribution is 7.80. The summed E-state index contributed by atoms with van der Waals surface area (Å²) in [5.41, 5.74) is 0.144. The molecule has 0 saturated heterocycles. The second-order valence-corrected chi connectivity index (χ2v) is 4.85. The Morgan fingerprint density at radius 3 is 2.52 bits per heavy atom. The first-order chi connectivity index (χ1) is 9.90. The van der Waals surface area contributed by atoms with Crippen molar-refractivity contribution in [2.24, 2.45) is 0 Å². The molecule has 0 bridgehead atoms. The molecular weight excluding hydrogens is 294 g/mol. The lowest BCUT2D eigenvalue weighted by Crippen LogP contribution is -2.46. The van der Waals surface area contributed by atoms with Crippen LogP contribution < -0.4 is 0 Å². The molecular formula is C13H11N3O4S. The number of rotatable bonds is 3. The van der Waals surface area contributed by atoms with Gasteiger partial charge in [0.2, 0.25) is 0 Å². The van der Waals surface area contributed by atoms with Crippen LogP contribution >= 0.6 is 12.2 Å². The number of nitrogens with zero attached hydrogens (tertiary/aromatic N) is 3. The molecule has 1 aliphatic heterocycles. The zero-order valence-electron chi connectivity index (χ0n) is 11.1. The van der Waals surface area contributed by atoms with Crippen LogP contribution in [0.1, 0.15) is 16.8 Å². The second kappa shape index (κ2) is 5.80. The van der Waals surface area contributed by atoms with Gasteiger partial charge in [0.15, 0.2) is 0 Å². The smallest absolute Gasteiger partial charge is 0.272 e. The number of hydrazine groups is 1. The van der Waals surface area contributed by atoms with E-state index >= 15 is 0 Å².